The molecule has 2 N–H and O–H groups in total. The van der Waals surface area contributed by atoms with Gasteiger partial charge in [0.05, 0.1) is 13.2 Å². The quantitative estimate of drug-likeness (QED) is 0.735. The van der Waals surface area contributed by atoms with Crippen LogP contribution in [0.4, 0.5) is 13.2 Å². The Morgan fingerprint density at radius 1 is 1.57 bits per heavy atom. The van der Waals surface area contributed by atoms with Gasteiger partial charge in [0.2, 0.25) is 0 Å². The van der Waals surface area contributed by atoms with E-state index in [2.05, 4.69) is 4.84 Å². The SMILES string of the molecule is CON(CC(F)(F)F)C(=O)C(C)N.Cl. The van der Waals surface area contributed by atoms with Gasteiger partial charge in [-0.2, -0.15) is 13.2 Å². The van der Waals surface area contributed by atoms with Crippen LogP contribution >= 0.6 is 12.4 Å². The second kappa shape index (κ2) is 6.05. The fourth-order valence-electron chi connectivity index (χ4n) is 0.622. The molecule has 1 atom stereocenters. The van der Waals surface area contributed by atoms with Crippen LogP contribution in [0.2, 0.25) is 0 Å². The van der Waals surface area contributed by atoms with Gasteiger partial charge < -0.3 is 5.73 Å². The molecular formula is C6H12ClF3N2O2. The molecule has 0 saturated carbocycles. The molecule has 0 rings (SSSR count). The largest absolute Gasteiger partial charge is 0.408 e. The fraction of sp³-hybridized carbons (Fsp3) is 0.833. The van der Waals surface area contributed by atoms with Crippen molar-refractivity contribution in [2.45, 2.75) is 19.1 Å². The maximum Gasteiger partial charge on any atom is 0.408 e. The van der Waals surface area contributed by atoms with Gasteiger partial charge in [-0.15, -0.1) is 12.4 Å². The van der Waals surface area contributed by atoms with E-state index in [1.807, 2.05) is 0 Å². The Morgan fingerprint density at radius 3 is 2.21 bits per heavy atom. The number of alkyl halides is 3. The summed E-state index contributed by atoms with van der Waals surface area (Å²) in [5, 5.41) is 0.185. The first kappa shape index (κ1) is 15.9. The molecule has 0 radical (unpaired) electrons. The fourth-order valence-corrected chi connectivity index (χ4v) is 0.622. The third-order valence-electron chi connectivity index (χ3n) is 1.18. The van der Waals surface area contributed by atoms with Gasteiger partial charge in [-0.3, -0.25) is 9.63 Å². The van der Waals surface area contributed by atoms with E-state index < -0.39 is 24.7 Å². The average molecular weight is 237 g/mol. The Balaban J connectivity index is 0. The summed E-state index contributed by atoms with van der Waals surface area (Å²) in [7, 11) is 0.978. The summed E-state index contributed by atoms with van der Waals surface area (Å²) < 4.78 is 35.4. The number of rotatable bonds is 3. The second-order valence-corrected chi connectivity index (χ2v) is 2.46. The minimum absolute atomic E-state index is 0. The number of nitrogens with two attached hydrogens (primary N) is 1. The van der Waals surface area contributed by atoms with Crippen molar-refractivity contribution >= 4 is 18.3 Å². The lowest BCUT2D eigenvalue weighted by atomic mass is 10.3. The highest BCUT2D eigenvalue weighted by Gasteiger charge is 2.34. The molecule has 0 spiro atoms. The monoisotopic (exact) mass is 236 g/mol. The van der Waals surface area contributed by atoms with Crippen LogP contribution in [0.25, 0.3) is 0 Å². The molecule has 0 saturated heterocycles. The third kappa shape index (κ3) is 6.01. The first-order valence-corrected chi connectivity index (χ1v) is 3.45. The molecule has 1 unspecified atom stereocenters. The lowest BCUT2D eigenvalue weighted by Gasteiger charge is -2.22. The highest BCUT2D eigenvalue weighted by Crippen LogP contribution is 2.16. The van der Waals surface area contributed by atoms with Crippen molar-refractivity contribution in [3.05, 3.63) is 0 Å². The van der Waals surface area contributed by atoms with Gasteiger partial charge >= 0.3 is 6.18 Å². The molecular weight excluding hydrogens is 225 g/mol. The van der Waals surface area contributed by atoms with Gasteiger partial charge in [0.25, 0.3) is 5.91 Å². The molecule has 14 heavy (non-hydrogen) atoms. The number of nitrogens with zero attached hydrogens (tertiary/aromatic N) is 1. The van der Waals surface area contributed by atoms with Crippen LogP contribution in [0, 0.1) is 0 Å². The number of hydrogen-bond acceptors (Lipinski definition) is 3. The predicted molar refractivity (Wildman–Crippen MR) is 45.7 cm³/mol. The van der Waals surface area contributed by atoms with Crippen molar-refractivity contribution in [1.29, 1.82) is 0 Å². The molecule has 0 aliphatic heterocycles. The van der Waals surface area contributed by atoms with Crippen molar-refractivity contribution in [1.82, 2.24) is 5.06 Å². The van der Waals surface area contributed by atoms with Gasteiger partial charge in [0, 0.05) is 0 Å². The van der Waals surface area contributed by atoms with Crippen LogP contribution in [0.1, 0.15) is 6.92 Å². The molecule has 0 aliphatic carbocycles. The molecule has 0 aromatic carbocycles. The molecule has 0 aromatic rings. The number of hydroxylamine groups is 2. The highest BCUT2D eigenvalue weighted by molar-refractivity contribution is 5.85. The van der Waals surface area contributed by atoms with E-state index in [0.29, 0.717) is 0 Å². The summed E-state index contributed by atoms with van der Waals surface area (Å²) in [6.45, 7) is -0.172. The van der Waals surface area contributed by atoms with Crippen molar-refractivity contribution in [2.24, 2.45) is 5.73 Å². The Bertz CT molecular complexity index is 186. The van der Waals surface area contributed by atoms with Crippen LogP contribution < -0.4 is 5.73 Å². The molecule has 86 valence electrons. The van der Waals surface area contributed by atoms with Crippen LogP contribution in [-0.2, 0) is 9.63 Å². The van der Waals surface area contributed by atoms with E-state index in [9.17, 15) is 18.0 Å². The lowest BCUT2D eigenvalue weighted by Crippen LogP contribution is -2.45. The summed E-state index contributed by atoms with van der Waals surface area (Å²) in [6, 6.07) is -1.01. The summed E-state index contributed by atoms with van der Waals surface area (Å²) >= 11 is 0. The van der Waals surface area contributed by atoms with Gasteiger partial charge in [0.1, 0.15) is 6.54 Å². The van der Waals surface area contributed by atoms with E-state index in [1.54, 1.807) is 0 Å². The third-order valence-corrected chi connectivity index (χ3v) is 1.18. The van der Waals surface area contributed by atoms with Crippen LogP contribution in [0.3, 0.4) is 0 Å². The van der Waals surface area contributed by atoms with Crippen molar-refractivity contribution in [3.63, 3.8) is 0 Å². The standard InChI is InChI=1S/C6H11F3N2O2.ClH/c1-4(10)5(12)11(13-2)3-6(7,8)9;/h4H,3,10H2,1-2H3;1H. The summed E-state index contributed by atoms with van der Waals surface area (Å²) in [5.74, 6) is -0.903. The predicted octanol–water partition coefficient (Wildman–Crippen LogP) is 0.708. The number of amides is 1. The van der Waals surface area contributed by atoms with Gasteiger partial charge in [-0.1, -0.05) is 0 Å². The van der Waals surface area contributed by atoms with E-state index in [0.717, 1.165) is 7.11 Å². The Labute approximate surface area is 85.5 Å². The van der Waals surface area contributed by atoms with E-state index in [4.69, 9.17) is 5.73 Å². The lowest BCUT2D eigenvalue weighted by molar-refractivity contribution is -0.224. The zero-order valence-electron chi connectivity index (χ0n) is 7.67. The number of carbonyl (C=O) groups excluding carboxylic acids is 1. The normalized spacial score (nSPS) is 13.0. The molecule has 0 fully saturated rings. The highest BCUT2D eigenvalue weighted by atomic mass is 35.5. The number of carbonyl (C=O) groups is 1. The first-order chi connectivity index (χ1) is 5.78. The Kier molecular flexibility index (Phi) is 6.88. The van der Waals surface area contributed by atoms with Crippen LogP contribution in [0.5, 0.6) is 0 Å². The van der Waals surface area contributed by atoms with Crippen molar-refractivity contribution < 1.29 is 22.8 Å². The minimum Gasteiger partial charge on any atom is -0.320 e. The molecule has 4 nitrogen and oxygen atoms in total. The Morgan fingerprint density at radius 2 is 2.00 bits per heavy atom. The van der Waals surface area contributed by atoms with E-state index in [-0.39, 0.29) is 17.5 Å². The second-order valence-electron chi connectivity index (χ2n) is 2.46. The summed E-state index contributed by atoms with van der Waals surface area (Å²) in [6.07, 6.45) is -4.49. The topological polar surface area (TPSA) is 55.6 Å². The molecule has 0 heterocycles. The number of halogens is 4. The molecule has 0 bridgehead atoms. The molecule has 8 heteroatoms. The van der Waals surface area contributed by atoms with E-state index in [1.165, 1.54) is 6.92 Å². The zero-order valence-corrected chi connectivity index (χ0v) is 8.48. The van der Waals surface area contributed by atoms with Crippen LogP contribution in [-0.4, -0.2) is 36.8 Å². The molecule has 0 aliphatic rings. The minimum atomic E-state index is -4.49. The smallest absolute Gasteiger partial charge is 0.320 e. The Hall–Kier alpha value is -0.530. The van der Waals surface area contributed by atoms with Crippen LogP contribution in [0.15, 0.2) is 0 Å². The summed E-state index contributed by atoms with van der Waals surface area (Å²) in [5.41, 5.74) is 5.09. The van der Waals surface area contributed by atoms with Gasteiger partial charge in [-0.25, -0.2) is 5.06 Å². The maximum absolute atomic E-state index is 11.8. The number of hydrogen-bond donors (Lipinski definition) is 1. The van der Waals surface area contributed by atoms with Crippen molar-refractivity contribution in [3.8, 4) is 0 Å². The van der Waals surface area contributed by atoms with Gasteiger partial charge in [-0.05, 0) is 6.92 Å². The molecule has 0 aromatic heterocycles. The molecule has 1 amide bonds. The van der Waals surface area contributed by atoms with Gasteiger partial charge in [0.15, 0.2) is 0 Å². The first-order valence-electron chi connectivity index (χ1n) is 3.45. The maximum atomic E-state index is 11.8. The zero-order chi connectivity index (χ0) is 10.6. The summed E-state index contributed by atoms with van der Waals surface area (Å²) in [4.78, 5) is 15.2. The van der Waals surface area contributed by atoms with E-state index >= 15 is 0 Å². The average Bonchev–Trinajstić information content (AvgIpc) is 1.97. The van der Waals surface area contributed by atoms with Crippen molar-refractivity contribution in [2.75, 3.05) is 13.7 Å².